The smallest absolute Gasteiger partial charge is 0.252 e. The van der Waals surface area contributed by atoms with E-state index in [9.17, 15) is 4.79 Å². The van der Waals surface area contributed by atoms with E-state index in [0.29, 0.717) is 23.9 Å². The Morgan fingerprint density at radius 3 is 3.09 bits per heavy atom. The Hall–Kier alpha value is -2.14. The normalized spacial score (nSPS) is 17.6. The van der Waals surface area contributed by atoms with Crippen LogP contribution in [-0.2, 0) is 4.74 Å². The average Bonchev–Trinajstić information content (AvgIpc) is 3.07. The molecule has 0 unspecified atom stereocenters. The number of hydrogen-bond acceptors (Lipinski definition) is 4. The number of amides is 1. The molecule has 1 fully saturated rings. The van der Waals surface area contributed by atoms with Crippen LogP contribution in [0.15, 0.2) is 30.3 Å². The summed E-state index contributed by atoms with van der Waals surface area (Å²) in [4.78, 5) is 16.8. The van der Waals surface area contributed by atoms with E-state index in [-0.39, 0.29) is 5.91 Å². The number of benzene rings is 1. The first-order chi connectivity index (χ1) is 10.8. The number of fused-ring (bicyclic) bond motifs is 1. The van der Waals surface area contributed by atoms with Crippen LogP contribution in [0.4, 0.5) is 0 Å². The third-order valence-corrected chi connectivity index (χ3v) is 4.01. The van der Waals surface area contributed by atoms with Gasteiger partial charge in [0.25, 0.3) is 5.91 Å². The second kappa shape index (κ2) is 6.75. The van der Waals surface area contributed by atoms with Gasteiger partial charge >= 0.3 is 0 Å². The van der Waals surface area contributed by atoms with E-state index in [4.69, 9.17) is 9.47 Å². The number of rotatable bonds is 5. The van der Waals surface area contributed by atoms with Gasteiger partial charge in [-0.05, 0) is 24.8 Å². The van der Waals surface area contributed by atoms with Gasteiger partial charge in [0.2, 0.25) is 5.88 Å². The molecule has 0 spiro atoms. The predicted molar refractivity (Wildman–Crippen MR) is 84.2 cm³/mol. The molecule has 0 aliphatic carbocycles. The van der Waals surface area contributed by atoms with Crippen molar-refractivity contribution in [3.05, 3.63) is 35.9 Å². The highest BCUT2D eigenvalue weighted by Crippen LogP contribution is 2.22. The number of carbonyl (C=O) groups is 1. The predicted octanol–water partition coefficient (Wildman–Crippen LogP) is 2.40. The molecular formula is C17H20N2O3. The van der Waals surface area contributed by atoms with Crippen LogP contribution in [-0.4, -0.2) is 37.8 Å². The molecule has 0 bridgehead atoms. The van der Waals surface area contributed by atoms with E-state index in [0.717, 1.165) is 37.0 Å². The van der Waals surface area contributed by atoms with Gasteiger partial charge in [0.05, 0.1) is 18.2 Å². The fourth-order valence-electron chi connectivity index (χ4n) is 2.74. The quantitative estimate of drug-likeness (QED) is 0.921. The van der Waals surface area contributed by atoms with Crippen molar-refractivity contribution in [1.82, 2.24) is 10.3 Å². The van der Waals surface area contributed by atoms with Crippen LogP contribution in [0.3, 0.4) is 0 Å². The van der Waals surface area contributed by atoms with Gasteiger partial charge in [-0.1, -0.05) is 18.2 Å². The highest BCUT2D eigenvalue weighted by atomic mass is 16.5. The lowest BCUT2D eigenvalue weighted by Crippen LogP contribution is -2.26. The second-order valence-electron chi connectivity index (χ2n) is 5.50. The van der Waals surface area contributed by atoms with Crippen molar-refractivity contribution >= 4 is 16.8 Å². The van der Waals surface area contributed by atoms with Gasteiger partial charge < -0.3 is 14.8 Å². The van der Waals surface area contributed by atoms with Gasteiger partial charge in [-0.25, -0.2) is 4.98 Å². The molecule has 1 N–H and O–H groups in total. The van der Waals surface area contributed by atoms with Crippen molar-refractivity contribution in [3.8, 4) is 5.88 Å². The maximum Gasteiger partial charge on any atom is 0.252 e. The van der Waals surface area contributed by atoms with Crippen LogP contribution < -0.4 is 10.1 Å². The summed E-state index contributed by atoms with van der Waals surface area (Å²) in [7, 11) is 1.55. The average molecular weight is 300 g/mol. The molecule has 3 rings (SSSR count). The number of nitrogens with zero attached hydrogens (tertiary/aromatic N) is 1. The van der Waals surface area contributed by atoms with E-state index in [1.165, 1.54) is 0 Å². The molecule has 0 radical (unpaired) electrons. The minimum absolute atomic E-state index is 0.0872. The van der Waals surface area contributed by atoms with Gasteiger partial charge in [0.1, 0.15) is 0 Å². The maximum absolute atomic E-state index is 12.5. The molecular weight excluding hydrogens is 280 g/mol. The molecule has 5 nitrogen and oxygen atoms in total. The Balaban J connectivity index is 1.74. The number of methoxy groups -OCH3 is 1. The summed E-state index contributed by atoms with van der Waals surface area (Å²) in [5.74, 6) is 0.924. The van der Waals surface area contributed by atoms with Crippen LogP contribution in [0.1, 0.15) is 23.2 Å². The Kier molecular flexibility index (Phi) is 4.53. The van der Waals surface area contributed by atoms with Crippen LogP contribution >= 0.6 is 0 Å². The standard InChI is InChI=1S/C17H20N2O3/c1-21-16-10-14(13-4-2-3-5-15(13)19-16)17(20)18-8-6-12-7-9-22-11-12/h2-5,10,12H,6-9,11H2,1H3,(H,18,20)/t12-/m0/s1. The topological polar surface area (TPSA) is 60.5 Å². The summed E-state index contributed by atoms with van der Waals surface area (Å²) in [5.41, 5.74) is 1.36. The number of carbonyl (C=O) groups excluding carboxylic acids is 1. The van der Waals surface area contributed by atoms with Crippen molar-refractivity contribution in [2.75, 3.05) is 26.9 Å². The Morgan fingerprint density at radius 2 is 2.32 bits per heavy atom. The van der Waals surface area contributed by atoms with Gasteiger partial charge in [0, 0.05) is 31.2 Å². The number of para-hydroxylation sites is 1. The summed E-state index contributed by atoms with van der Waals surface area (Å²) in [6, 6.07) is 9.28. The van der Waals surface area contributed by atoms with Gasteiger partial charge in [-0.3, -0.25) is 4.79 Å². The lowest BCUT2D eigenvalue weighted by Gasteiger charge is -2.11. The molecule has 1 aromatic carbocycles. The van der Waals surface area contributed by atoms with Crippen molar-refractivity contribution < 1.29 is 14.3 Å². The molecule has 1 aromatic heterocycles. The summed E-state index contributed by atoms with van der Waals surface area (Å²) < 4.78 is 10.5. The number of pyridine rings is 1. The Morgan fingerprint density at radius 1 is 1.45 bits per heavy atom. The van der Waals surface area contributed by atoms with Crippen LogP contribution in [0.5, 0.6) is 5.88 Å². The number of hydrogen-bond donors (Lipinski definition) is 1. The SMILES string of the molecule is COc1cc(C(=O)NCC[C@H]2CCOC2)c2ccccc2n1. The van der Waals surface area contributed by atoms with E-state index in [2.05, 4.69) is 10.3 Å². The van der Waals surface area contributed by atoms with Gasteiger partial charge in [-0.2, -0.15) is 0 Å². The Bertz CT molecular complexity index is 666. The molecule has 5 heteroatoms. The summed E-state index contributed by atoms with van der Waals surface area (Å²) in [6.45, 7) is 2.30. The minimum Gasteiger partial charge on any atom is -0.481 e. The lowest BCUT2D eigenvalue weighted by atomic mass is 10.0. The fourth-order valence-corrected chi connectivity index (χ4v) is 2.74. The molecule has 1 amide bonds. The van der Waals surface area contributed by atoms with Crippen molar-refractivity contribution in [1.29, 1.82) is 0 Å². The summed E-state index contributed by atoms with van der Waals surface area (Å²) in [5, 5.41) is 3.83. The van der Waals surface area contributed by atoms with Crippen molar-refractivity contribution in [3.63, 3.8) is 0 Å². The molecule has 2 heterocycles. The van der Waals surface area contributed by atoms with Crippen LogP contribution in [0.2, 0.25) is 0 Å². The van der Waals surface area contributed by atoms with Crippen LogP contribution in [0.25, 0.3) is 10.9 Å². The third-order valence-electron chi connectivity index (χ3n) is 4.01. The highest BCUT2D eigenvalue weighted by molar-refractivity contribution is 6.06. The first-order valence-electron chi connectivity index (χ1n) is 7.57. The van der Waals surface area contributed by atoms with E-state index >= 15 is 0 Å². The van der Waals surface area contributed by atoms with E-state index in [1.54, 1.807) is 13.2 Å². The molecule has 116 valence electrons. The summed E-state index contributed by atoms with van der Waals surface area (Å²) >= 11 is 0. The minimum atomic E-state index is -0.0872. The first-order valence-corrected chi connectivity index (χ1v) is 7.57. The maximum atomic E-state index is 12.5. The highest BCUT2D eigenvalue weighted by Gasteiger charge is 2.17. The van der Waals surface area contributed by atoms with E-state index < -0.39 is 0 Å². The number of ether oxygens (including phenoxy) is 2. The molecule has 0 saturated carbocycles. The Labute approximate surface area is 129 Å². The molecule has 1 saturated heterocycles. The van der Waals surface area contributed by atoms with Crippen molar-refractivity contribution in [2.45, 2.75) is 12.8 Å². The van der Waals surface area contributed by atoms with Crippen LogP contribution in [0, 0.1) is 5.92 Å². The largest absolute Gasteiger partial charge is 0.481 e. The van der Waals surface area contributed by atoms with Gasteiger partial charge in [-0.15, -0.1) is 0 Å². The molecule has 22 heavy (non-hydrogen) atoms. The molecule has 2 aromatic rings. The zero-order valence-electron chi connectivity index (χ0n) is 12.7. The monoisotopic (exact) mass is 300 g/mol. The second-order valence-corrected chi connectivity index (χ2v) is 5.50. The lowest BCUT2D eigenvalue weighted by molar-refractivity contribution is 0.0951. The molecule has 1 aliphatic rings. The summed E-state index contributed by atoms with van der Waals surface area (Å²) in [6.07, 6.45) is 2.04. The number of aromatic nitrogens is 1. The van der Waals surface area contributed by atoms with Crippen molar-refractivity contribution in [2.24, 2.45) is 5.92 Å². The third kappa shape index (κ3) is 3.20. The molecule has 1 aliphatic heterocycles. The van der Waals surface area contributed by atoms with E-state index in [1.807, 2.05) is 24.3 Å². The first kappa shape index (κ1) is 14.8. The zero-order valence-corrected chi connectivity index (χ0v) is 12.7. The number of nitrogens with one attached hydrogen (secondary N) is 1. The fraction of sp³-hybridized carbons (Fsp3) is 0.412. The zero-order chi connectivity index (χ0) is 15.4. The van der Waals surface area contributed by atoms with Gasteiger partial charge in [0.15, 0.2) is 0 Å². The molecule has 1 atom stereocenters.